The van der Waals surface area contributed by atoms with E-state index >= 15 is 0 Å². The number of hydrogen-bond acceptors (Lipinski definition) is 4. The van der Waals surface area contributed by atoms with Gasteiger partial charge in [0.05, 0.1) is 12.8 Å². The normalized spacial score (nSPS) is 13.1. The number of furan rings is 1. The Morgan fingerprint density at radius 2 is 1.78 bits per heavy atom. The van der Waals surface area contributed by atoms with E-state index in [0.717, 1.165) is 5.56 Å². The number of amides is 2. The van der Waals surface area contributed by atoms with Gasteiger partial charge in [-0.1, -0.05) is 30.3 Å². The number of benzene rings is 1. The topological polar surface area (TPSA) is 91.6 Å². The molecule has 2 aromatic rings. The van der Waals surface area contributed by atoms with Gasteiger partial charge in [0.1, 0.15) is 11.4 Å². The Balaban J connectivity index is 1.74. The summed E-state index contributed by atoms with van der Waals surface area (Å²) in [7, 11) is 0. The average Bonchev–Trinajstić information content (AvgIpc) is 3.09. The summed E-state index contributed by atoms with van der Waals surface area (Å²) in [4.78, 5) is 23.4. The summed E-state index contributed by atoms with van der Waals surface area (Å²) in [5.74, 6) is -1.19. The lowest BCUT2D eigenvalue weighted by molar-refractivity contribution is -0.139. The molecule has 0 saturated carbocycles. The van der Waals surface area contributed by atoms with E-state index in [1.807, 2.05) is 30.3 Å². The Morgan fingerprint density at radius 3 is 2.43 bits per heavy atom. The van der Waals surface area contributed by atoms with Crippen molar-refractivity contribution < 1.29 is 19.1 Å². The van der Waals surface area contributed by atoms with Crippen molar-refractivity contribution in [3.8, 4) is 0 Å². The van der Waals surface area contributed by atoms with Crippen LogP contribution in [0.1, 0.15) is 18.2 Å². The Morgan fingerprint density at radius 1 is 1.09 bits per heavy atom. The maximum Gasteiger partial charge on any atom is 0.309 e. The minimum atomic E-state index is -1.37. The first-order chi connectivity index (χ1) is 11.0. The minimum absolute atomic E-state index is 0.120. The second-order valence-corrected chi connectivity index (χ2v) is 5.43. The largest absolute Gasteiger partial charge is 0.466 e. The summed E-state index contributed by atoms with van der Waals surface area (Å²) in [6.07, 6.45) is 2.08. The molecule has 0 spiro atoms. The van der Waals surface area contributed by atoms with E-state index in [9.17, 15) is 14.7 Å². The molecule has 0 aliphatic rings. The van der Waals surface area contributed by atoms with Crippen LogP contribution < -0.4 is 10.6 Å². The highest BCUT2D eigenvalue weighted by atomic mass is 16.4. The van der Waals surface area contributed by atoms with Crippen LogP contribution >= 0.6 is 0 Å². The van der Waals surface area contributed by atoms with Gasteiger partial charge >= 0.3 is 11.8 Å². The monoisotopic (exact) mass is 316 g/mol. The molecule has 2 rings (SSSR count). The highest BCUT2D eigenvalue weighted by Gasteiger charge is 2.27. The summed E-state index contributed by atoms with van der Waals surface area (Å²) in [6.45, 7) is 1.75. The van der Waals surface area contributed by atoms with Gasteiger partial charge in [0.2, 0.25) is 0 Å². The first-order valence-electron chi connectivity index (χ1n) is 7.35. The van der Waals surface area contributed by atoms with Crippen LogP contribution in [0.3, 0.4) is 0 Å². The molecule has 0 aliphatic carbocycles. The summed E-state index contributed by atoms with van der Waals surface area (Å²) in [5.41, 5.74) is -0.294. The molecule has 2 amide bonds. The molecule has 0 fully saturated rings. The van der Waals surface area contributed by atoms with E-state index in [4.69, 9.17) is 4.42 Å². The van der Waals surface area contributed by atoms with Gasteiger partial charge in [0.15, 0.2) is 0 Å². The van der Waals surface area contributed by atoms with Crippen molar-refractivity contribution >= 4 is 11.8 Å². The highest BCUT2D eigenvalue weighted by Crippen LogP contribution is 2.19. The first-order valence-corrected chi connectivity index (χ1v) is 7.35. The van der Waals surface area contributed by atoms with E-state index in [1.165, 1.54) is 13.2 Å². The van der Waals surface area contributed by atoms with Crippen LogP contribution in [0.5, 0.6) is 0 Å². The molecule has 1 aromatic heterocycles. The summed E-state index contributed by atoms with van der Waals surface area (Å²) >= 11 is 0. The van der Waals surface area contributed by atoms with Gasteiger partial charge in [0, 0.05) is 6.54 Å². The van der Waals surface area contributed by atoms with Crippen LogP contribution in [0.2, 0.25) is 0 Å². The Kier molecular flexibility index (Phi) is 5.54. The molecule has 0 bridgehead atoms. The smallest absolute Gasteiger partial charge is 0.309 e. The van der Waals surface area contributed by atoms with Gasteiger partial charge in [-0.3, -0.25) is 9.59 Å². The van der Waals surface area contributed by atoms with E-state index in [0.29, 0.717) is 18.7 Å². The summed E-state index contributed by atoms with van der Waals surface area (Å²) in [6, 6.07) is 12.9. The minimum Gasteiger partial charge on any atom is -0.466 e. The molecule has 23 heavy (non-hydrogen) atoms. The molecule has 0 unspecified atom stereocenters. The third-order valence-corrected chi connectivity index (χ3v) is 3.39. The van der Waals surface area contributed by atoms with Gasteiger partial charge in [-0.25, -0.2) is 0 Å². The SMILES string of the molecule is C[C@@](O)(CNC(=O)C(=O)NCCc1ccccc1)c1ccco1. The summed E-state index contributed by atoms with van der Waals surface area (Å²) in [5, 5.41) is 15.1. The lowest BCUT2D eigenvalue weighted by Gasteiger charge is -2.20. The van der Waals surface area contributed by atoms with Crippen LogP contribution in [0, 0.1) is 0 Å². The van der Waals surface area contributed by atoms with Crippen molar-refractivity contribution in [3.05, 3.63) is 60.1 Å². The molecule has 0 radical (unpaired) electrons. The van der Waals surface area contributed by atoms with Crippen molar-refractivity contribution in [1.29, 1.82) is 0 Å². The van der Waals surface area contributed by atoms with Gasteiger partial charge < -0.3 is 20.2 Å². The maximum atomic E-state index is 11.7. The third-order valence-electron chi connectivity index (χ3n) is 3.39. The second kappa shape index (κ2) is 7.60. The number of nitrogens with one attached hydrogen (secondary N) is 2. The van der Waals surface area contributed by atoms with Crippen molar-refractivity contribution in [3.63, 3.8) is 0 Å². The Bertz CT molecular complexity index is 636. The van der Waals surface area contributed by atoms with Crippen molar-refractivity contribution in [2.45, 2.75) is 18.9 Å². The molecular weight excluding hydrogens is 296 g/mol. The molecule has 1 aromatic carbocycles. The van der Waals surface area contributed by atoms with Crippen LogP contribution in [-0.4, -0.2) is 30.0 Å². The van der Waals surface area contributed by atoms with Gasteiger partial charge in [-0.15, -0.1) is 0 Å². The molecular formula is C17H20N2O4. The molecule has 1 heterocycles. The first kappa shape index (κ1) is 16.8. The van der Waals surface area contributed by atoms with Gasteiger partial charge in [-0.05, 0) is 31.0 Å². The van der Waals surface area contributed by atoms with Crippen molar-refractivity contribution in [2.75, 3.05) is 13.1 Å². The third kappa shape index (κ3) is 4.96. The molecule has 1 atom stereocenters. The van der Waals surface area contributed by atoms with E-state index < -0.39 is 17.4 Å². The highest BCUT2D eigenvalue weighted by molar-refractivity contribution is 6.35. The summed E-state index contributed by atoms with van der Waals surface area (Å²) < 4.78 is 5.10. The standard InChI is InChI=1S/C17H20N2O4/c1-17(22,14-8-5-11-23-14)12-19-16(21)15(20)18-10-9-13-6-3-2-4-7-13/h2-8,11,22H,9-10,12H2,1H3,(H,18,20)(H,19,21)/t17-/m1/s1. The zero-order valence-electron chi connectivity index (χ0n) is 12.9. The lowest BCUT2D eigenvalue weighted by Crippen LogP contribution is -2.45. The van der Waals surface area contributed by atoms with Crippen molar-refractivity contribution in [2.24, 2.45) is 0 Å². The quantitative estimate of drug-likeness (QED) is 0.692. The molecule has 0 saturated heterocycles. The van der Waals surface area contributed by atoms with Crippen LogP contribution in [0.25, 0.3) is 0 Å². The zero-order valence-corrected chi connectivity index (χ0v) is 12.9. The molecule has 6 nitrogen and oxygen atoms in total. The maximum absolute atomic E-state index is 11.7. The fraction of sp³-hybridized carbons (Fsp3) is 0.294. The van der Waals surface area contributed by atoms with E-state index in [1.54, 1.807) is 12.1 Å². The predicted octanol–water partition coefficient (Wildman–Crippen LogP) is 0.962. The zero-order chi connectivity index (χ0) is 16.7. The fourth-order valence-corrected chi connectivity index (χ4v) is 2.05. The van der Waals surface area contributed by atoms with Crippen LogP contribution in [-0.2, 0) is 21.6 Å². The number of aliphatic hydroxyl groups is 1. The number of carbonyl (C=O) groups excluding carboxylic acids is 2. The predicted molar refractivity (Wildman–Crippen MR) is 84.4 cm³/mol. The lowest BCUT2D eigenvalue weighted by atomic mass is 10.0. The fourth-order valence-electron chi connectivity index (χ4n) is 2.05. The number of hydrogen-bond donors (Lipinski definition) is 3. The van der Waals surface area contributed by atoms with Crippen LogP contribution in [0.15, 0.2) is 53.1 Å². The second-order valence-electron chi connectivity index (χ2n) is 5.43. The Labute approximate surface area is 134 Å². The van der Waals surface area contributed by atoms with Crippen LogP contribution in [0.4, 0.5) is 0 Å². The van der Waals surface area contributed by atoms with E-state index in [-0.39, 0.29) is 6.54 Å². The Hall–Kier alpha value is -2.60. The molecule has 6 heteroatoms. The molecule has 0 aliphatic heterocycles. The molecule has 3 N–H and O–H groups in total. The van der Waals surface area contributed by atoms with Gasteiger partial charge in [-0.2, -0.15) is 0 Å². The number of rotatable bonds is 6. The van der Waals surface area contributed by atoms with E-state index in [2.05, 4.69) is 10.6 Å². The molecule has 122 valence electrons. The van der Waals surface area contributed by atoms with Gasteiger partial charge in [0.25, 0.3) is 0 Å². The number of carbonyl (C=O) groups is 2. The average molecular weight is 316 g/mol. The van der Waals surface area contributed by atoms with Crippen molar-refractivity contribution in [1.82, 2.24) is 10.6 Å².